The number of amides is 2. The van der Waals surface area contributed by atoms with E-state index in [1.54, 1.807) is 13.2 Å². The van der Waals surface area contributed by atoms with Crippen LogP contribution in [0.1, 0.15) is 29.4 Å². The van der Waals surface area contributed by atoms with E-state index in [1.165, 1.54) is 28.9 Å². The highest BCUT2D eigenvalue weighted by Gasteiger charge is 2.04. The molecule has 0 fully saturated rings. The van der Waals surface area contributed by atoms with Crippen LogP contribution in [0.15, 0.2) is 12.4 Å². The fraction of sp³-hybridized carbons (Fsp3) is 0.273. The van der Waals surface area contributed by atoms with Crippen LogP contribution in [0.2, 0.25) is 0 Å². The molecule has 6 nitrogen and oxygen atoms in total. The molecule has 19 heavy (non-hydrogen) atoms. The SMILES string of the molecule is CNC(=O)c1cnc(C)s1.Cc1ncc(C(N)=O)s1. The number of nitrogens with two attached hydrogens (primary N) is 1. The molecule has 0 spiro atoms. The molecular formula is C11H14N4O2S2. The first-order chi connectivity index (χ1) is 8.93. The molecule has 0 aliphatic heterocycles. The first kappa shape index (κ1) is 15.3. The van der Waals surface area contributed by atoms with Crippen LogP contribution >= 0.6 is 22.7 Å². The zero-order chi connectivity index (χ0) is 14.4. The van der Waals surface area contributed by atoms with E-state index in [0.717, 1.165) is 10.0 Å². The Kier molecular flexibility index (Phi) is 5.58. The minimum Gasteiger partial charge on any atom is -0.365 e. The summed E-state index contributed by atoms with van der Waals surface area (Å²) in [4.78, 5) is 30.3. The van der Waals surface area contributed by atoms with Gasteiger partial charge in [-0.05, 0) is 13.8 Å². The molecule has 8 heteroatoms. The quantitative estimate of drug-likeness (QED) is 0.874. The molecule has 0 unspecified atom stereocenters. The highest BCUT2D eigenvalue weighted by Crippen LogP contribution is 2.10. The van der Waals surface area contributed by atoms with Crippen LogP contribution in [0.3, 0.4) is 0 Å². The van der Waals surface area contributed by atoms with E-state index in [1.807, 2.05) is 13.8 Å². The number of aromatic nitrogens is 2. The van der Waals surface area contributed by atoms with Crippen molar-refractivity contribution in [2.24, 2.45) is 5.73 Å². The van der Waals surface area contributed by atoms with Gasteiger partial charge in [-0.25, -0.2) is 9.97 Å². The monoisotopic (exact) mass is 298 g/mol. The molecule has 2 amide bonds. The van der Waals surface area contributed by atoms with Crippen molar-refractivity contribution < 1.29 is 9.59 Å². The Hall–Kier alpha value is -1.80. The van der Waals surface area contributed by atoms with Crippen LogP contribution in [-0.4, -0.2) is 28.8 Å². The van der Waals surface area contributed by atoms with Crippen LogP contribution in [0.25, 0.3) is 0 Å². The number of carbonyl (C=O) groups excluding carboxylic acids is 2. The van der Waals surface area contributed by atoms with Crippen molar-refractivity contribution in [1.29, 1.82) is 0 Å². The third-order valence-electron chi connectivity index (χ3n) is 1.94. The van der Waals surface area contributed by atoms with Gasteiger partial charge in [0.1, 0.15) is 9.75 Å². The van der Waals surface area contributed by atoms with E-state index >= 15 is 0 Å². The number of aryl methyl sites for hydroxylation is 2. The molecule has 0 saturated heterocycles. The fourth-order valence-electron chi connectivity index (χ4n) is 1.06. The van der Waals surface area contributed by atoms with Gasteiger partial charge in [-0.3, -0.25) is 9.59 Å². The number of nitrogens with one attached hydrogen (secondary N) is 1. The van der Waals surface area contributed by atoms with Gasteiger partial charge in [-0.15, -0.1) is 22.7 Å². The minimum absolute atomic E-state index is 0.0643. The van der Waals surface area contributed by atoms with E-state index in [4.69, 9.17) is 5.73 Å². The summed E-state index contributed by atoms with van der Waals surface area (Å²) in [7, 11) is 1.61. The van der Waals surface area contributed by atoms with Crippen molar-refractivity contribution in [3.63, 3.8) is 0 Å². The van der Waals surface area contributed by atoms with Crippen LogP contribution in [0.4, 0.5) is 0 Å². The van der Waals surface area contributed by atoms with Crippen molar-refractivity contribution in [2.75, 3.05) is 7.05 Å². The molecular weight excluding hydrogens is 284 g/mol. The van der Waals surface area contributed by atoms with E-state index in [0.29, 0.717) is 9.75 Å². The second kappa shape index (κ2) is 6.95. The lowest BCUT2D eigenvalue weighted by Gasteiger charge is -1.89. The molecule has 0 saturated carbocycles. The maximum absolute atomic E-state index is 10.9. The predicted molar refractivity (Wildman–Crippen MR) is 75.6 cm³/mol. The predicted octanol–water partition coefficient (Wildman–Crippen LogP) is 1.36. The summed E-state index contributed by atoms with van der Waals surface area (Å²) in [6, 6.07) is 0. The number of thiazole rings is 2. The maximum Gasteiger partial charge on any atom is 0.262 e. The molecule has 0 aromatic carbocycles. The van der Waals surface area contributed by atoms with Crippen LogP contribution in [-0.2, 0) is 0 Å². The minimum atomic E-state index is -0.402. The normalized spacial score (nSPS) is 9.42. The van der Waals surface area contributed by atoms with Gasteiger partial charge in [0.25, 0.3) is 11.8 Å². The first-order valence-corrected chi connectivity index (χ1v) is 6.94. The second-order valence-corrected chi connectivity index (χ2v) is 5.90. The molecule has 0 radical (unpaired) electrons. The van der Waals surface area contributed by atoms with Gasteiger partial charge >= 0.3 is 0 Å². The van der Waals surface area contributed by atoms with Crippen LogP contribution in [0, 0.1) is 13.8 Å². The maximum atomic E-state index is 10.9. The average molecular weight is 298 g/mol. The van der Waals surface area contributed by atoms with Gasteiger partial charge in [-0.2, -0.15) is 0 Å². The van der Waals surface area contributed by atoms with Gasteiger partial charge in [0.05, 0.1) is 22.4 Å². The van der Waals surface area contributed by atoms with Crippen molar-refractivity contribution in [1.82, 2.24) is 15.3 Å². The van der Waals surface area contributed by atoms with Crippen molar-refractivity contribution >= 4 is 34.5 Å². The number of rotatable bonds is 2. The number of hydrogen-bond acceptors (Lipinski definition) is 6. The number of carbonyl (C=O) groups is 2. The number of nitrogens with zero attached hydrogens (tertiary/aromatic N) is 2. The summed E-state index contributed by atoms with van der Waals surface area (Å²) in [6.45, 7) is 3.70. The molecule has 2 rings (SSSR count). The zero-order valence-electron chi connectivity index (χ0n) is 10.8. The largest absolute Gasteiger partial charge is 0.365 e. The molecule has 0 aliphatic carbocycles. The fourth-order valence-corrected chi connectivity index (χ4v) is 2.42. The molecule has 2 aromatic rings. The Morgan fingerprint density at radius 2 is 1.58 bits per heavy atom. The summed E-state index contributed by atoms with van der Waals surface area (Å²) in [5.74, 6) is -0.466. The van der Waals surface area contributed by atoms with Gasteiger partial charge in [0, 0.05) is 7.05 Å². The number of primary amides is 1. The lowest BCUT2D eigenvalue weighted by Crippen LogP contribution is -2.16. The summed E-state index contributed by atoms with van der Waals surface area (Å²) in [5, 5.41) is 4.31. The lowest BCUT2D eigenvalue weighted by molar-refractivity contribution is 0.0965. The molecule has 0 bridgehead atoms. The molecule has 2 aromatic heterocycles. The Balaban J connectivity index is 0.000000191. The van der Waals surface area contributed by atoms with Crippen LogP contribution in [0.5, 0.6) is 0 Å². The summed E-state index contributed by atoms with van der Waals surface area (Å²) < 4.78 is 0. The van der Waals surface area contributed by atoms with Crippen LogP contribution < -0.4 is 11.1 Å². The van der Waals surface area contributed by atoms with E-state index in [9.17, 15) is 9.59 Å². The highest BCUT2D eigenvalue weighted by molar-refractivity contribution is 7.13. The summed E-state index contributed by atoms with van der Waals surface area (Å²) >= 11 is 2.71. The Labute approximate surface area is 118 Å². The smallest absolute Gasteiger partial charge is 0.262 e. The Morgan fingerprint density at radius 3 is 1.84 bits per heavy atom. The van der Waals surface area contributed by atoms with Gasteiger partial charge in [0.15, 0.2) is 0 Å². The first-order valence-electron chi connectivity index (χ1n) is 5.30. The third kappa shape index (κ3) is 4.76. The molecule has 0 aliphatic rings. The Morgan fingerprint density at radius 1 is 1.11 bits per heavy atom. The average Bonchev–Trinajstić information content (AvgIpc) is 2.98. The third-order valence-corrected chi connectivity index (χ3v) is 3.78. The molecule has 2 heterocycles. The highest BCUT2D eigenvalue weighted by atomic mass is 32.1. The van der Waals surface area contributed by atoms with Gasteiger partial charge in [-0.1, -0.05) is 0 Å². The topological polar surface area (TPSA) is 98.0 Å². The lowest BCUT2D eigenvalue weighted by atomic mass is 10.5. The van der Waals surface area contributed by atoms with E-state index < -0.39 is 5.91 Å². The standard InChI is InChI=1S/C6H8N2OS.C5H6N2OS/c1-4-8-3-5(10-4)6(9)7-2;1-3-7-2-4(9-3)5(6)8/h3H,1-2H3,(H,7,9);2H,1H3,(H2,6,8). The van der Waals surface area contributed by atoms with E-state index in [-0.39, 0.29) is 5.91 Å². The van der Waals surface area contributed by atoms with Crippen molar-refractivity contribution in [3.05, 3.63) is 32.2 Å². The molecule has 102 valence electrons. The Bertz CT molecular complexity index is 577. The van der Waals surface area contributed by atoms with Crippen molar-refractivity contribution in [2.45, 2.75) is 13.8 Å². The molecule has 0 atom stereocenters. The summed E-state index contributed by atoms with van der Waals surface area (Å²) in [5.41, 5.74) is 4.96. The summed E-state index contributed by atoms with van der Waals surface area (Å²) in [6.07, 6.45) is 3.07. The zero-order valence-corrected chi connectivity index (χ0v) is 12.4. The second-order valence-electron chi connectivity index (χ2n) is 3.43. The van der Waals surface area contributed by atoms with E-state index in [2.05, 4.69) is 15.3 Å². The number of hydrogen-bond donors (Lipinski definition) is 2. The van der Waals surface area contributed by atoms with Crippen molar-refractivity contribution in [3.8, 4) is 0 Å². The van der Waals surface area contributed by atoms with Gasteiger partial charge < -0.3 is 11.1 Å². The van der Waals surface area contributed by atoms with Gasteiger partial charge in [0.2, 0.25) is 0 Å². The molecule has 3 N–H and O–H groups in total.